The van der Waals surface area contributed by atoms with Crippen molar-refractivity contribution in [2.45, 2.75) is 6.42 Å². The first-order valence-corrected chi connectivity index (χ1v) is 6.18. The highest BCUT2D eigenvalue weighted by atomic mass is 32.2. The van der Waals surface area contributed by atoms with Gasteiger partial charge in [-0.2, -0.15) is 11.8 Å². The number of nitrogens with two attached hydrogens (primary N) is 1. The van der Waals surface area contributed by atoms with E-state index >= 15 is 0 Å². The van der Waals surface area contributed by atoms with Crippen molar-refractivity contribution in [3.8, 4) is 0 Å². The number of hydrogen-bond donors (Lipinski definition) is 2. The number of thioether (sulfide) groups is 1. The van der Waals surface area contributed by atoms with Crippen molar-refractivity contribution in [3.63, 3.8) is 0 Å². The van der Waals surface area contributed by atoms with Gasteiger partial charge in [0.15, 0.2) is 0 Å². The zero-order valence-corrected chi connectivity index (χ0v) is 9.79. The van der Waals surface area contributed by atoms with E-state index in [9.17, 15) is 10.1 Å². The molecule has 16 heavy (non-hydrogen) atoms. The van der Waals surface area contributed by atoms with Crippen molar-refractivity contribution in [3.05, 3.63) is 22.2 Å². The molecule has 0 unspecified atom stereocenters. The summed E-state index contributed by atoms with van der Waals surface area (Å²) in [5.74, 6) is 1.58. The Labute approximate surface area is 97.8 Å². The lowest BCUT2D eigenvalue weighted by Crippen LogP contribution is -2.06. The lowest BCUT2D eigenvalue weighted by molar-refractivity contribution is -0.384. The highest BCUT2D eigenvalue weighted by molar-refractivity contribution is 7.98. The standard InChI is InChI=1S/C9H14N4O2S/c1-16-6-2-5-11-8-4-3-7(13(14)15)9(10)12-8/h3-4H,2,5-6H2,1H3,(H3,10,11,12). The van der Waals surface area contributed by atoms with E-state index in [0.717, 1.165) is 18.7 Å². The van der Waals surface area contributed by atoms with Crippen LogP contribution in [0.1, 0.15) is 6.42 Å². The minimum atomic E-state index is -0.542. The number of hydrogen-bond acceptors (Lipinski definition) is 6. The fraction of sp³-hybridized carbons (Fsp3) is 0.444. The first-order chi connectivity index (χ1) is 7.65. The molecule has 0 aliphatic heterocycles. The van der Waals surface area contributed by atoms with Crippen molar-refractivity contribution in [2.24, 2.45) is 0 Å². The van der Waals surface area contributed by atoms with Gasteiger partial charge in [-0.1, -0.05) is 0 Å². The van der Waals surface area contributed by atoms with Crippen molar-refractivity contribution >= 4 is 29.1 Å². The average molecular weight is 242 g/mol. The van der Waals surface area contributed by atoms with Gasteiger partial charge < -0.3 is 11.1 Å². The molecule has 1 aromatic rings. The molecular weight excluding hydrogens is 228 g/mol. The van der Waals surface area contributed by atoms with Crippen LogP contribution in [-0.2, 0) is 0 Å². The van der Waals surface area contributed by atoms with Gasteiger partial charge in [0, 0.05) is 12.6 Å². The molecule has 0 amide bonds. The van der Waals surface area contributed by atoms with E-state index < -0.39 is 4.92 Å². The Morgan fingerprint density at radius 2 is 2.38 bits per heavy atom. The van der Waals surface area contributed by atoms with E-state index in [1.807, 2.05) is 6.26 Å². The highest BCUT2D eigenvalue weighted by Gasteiger charge is 2.12. The van der Waals surface area contributed by atoms with E-state index in [2.05, 4.69) is 10.3 Å². The van der Waals surface area contributed by atoms with Gasteiger partial charge >= 0.3 is 5.69 Å². The lowest BCUT2D eigenvalue weighted by atomic mass is 10.3. The Kier molecular flexibility index (Phi) is 4.84. The highest BCUT2D eigenvalue weighted by Crippen LogP contribution is 2.20. The Bertz CT molecular complexity index is 373. The zero-order chi connectivity index (χ0) is 12.0. The number of nitro groups is 1. The molecule has 7 heteroatoms. The Balaban J connectivity index is 2.56. The van der Waals surface area contributed by atoms with Crippen LogP contribution in [0.2, 0.25) is 0 Å². The summed E-state index contributed by atoms with van der Waals surface area (Å²) in [5, 5.41) is 13.6. The molecule has 0 radical (unpaired) electrons. The van der Waals surface area contributed by atoms with Crippen LogP contribution in [0.5, 0.6) is 0 Å². The SMILES string of the molecule is CSCCCNc1ccc([N+](=O)[O-])c(N)n1. The number of nitrogen functional groups attached to an aromatic ring is 1. The van der Waals surface area contributed by atoms with Crippen molar-refractivity contribution in [1.82, 2.24) is 4.98 Å². The molecule has 0 saturated heterocycles. The van der Waals surface area contributed by atoms with E-state index in [-0.39, 0.29) is 11.5 Å². The van der Waals surface area contributed by atoms with Crippen LogP contribution in [0.25, 0.3) is 0 Å². The molecule has 1 aromatic heterocycles. The number of rotatable bonds is 6. The van der Waals surface area contributed by atoms with Gasteiger partial charge in [-0.25, -0.2) is 4.98 Å². The van der Waals surface area contributed by atoms with Crippen molar-refractivity contribution < 1.29 is 4.92 Å². The minimum absolute atomic E-state index is 0.0557. The molecule has 3 N–H and O–H groups in total. The summed E-state index contributed by atoms with van der Waals surface area (Å²) in [4.78, 5) is 13.9. The normalized spacial score (nSPS) is 10.1. The summed E-state index contributed by atoms with van der Waals surface area (Å²) >= 11 is 1.77. The van der Waals surface area contributed by atoms with Gasteiger partial charge in [-0.15, -0.1) is 0 Å². The Morgan fingerprint density at radius 3 is 2.94 bits per heavy atom. The van der Waals surface area contributed by atoms with Crippen LogP contribution in [0.4, 0.5) is 17.3 Å². The van der Waals surface area contributed by atoms with E-state index in [4.69, 9.17) is 5.73 Å². The van der Waals surface area contributed by atoms with Crippen LogP contribution in [0.15, 0.2) is 12.1 Å². The molecule has 0 fully saturated rings. The molecule has 0 aromatic carbocycles. The molecule has 0 aliphatic carbocycles. The predicted octanol–water partition coefficient (Wildman–Crippen LogP) is 1.74. The minimum Gasteiger partial charge on any atom is -0.378 e. The lowest BCUT2D eigenvalue weighted by Gasteiger charge is -2.05. The van der Waals surface area contributed by atoms with Gasteiger partial charge in [0.25, 0.3) is 0 Å². The van der Waals surface area contributed by atoms with Gasteiger partial charge in [0.2, 0.25) is 5.82 Å². The largest absolute Gasteiger partial charge is 0.378 e. The number of pyridine rings is 1. The van der Waals surface area contributed by atoms with E-state index in [0.29, 0.717) is 5.82 Å². The topological polar surface area (TPSA) is 94.1 Å². The van der Waals surface area contributed by atoms with Crippen LogP contribution in [-0.4, -0.2) is 28.5 Å². The molecule has 1 heterocycles. The summed E-state index contributed by atoms with van der Waals surface area (Å²) in [7, 11) is 0. The predicted molar refractivity (Wildman–Crippen MR) is 66.8 cm³/mol. The molecule has 1 rings (SSSR count). The molecule has 88 valence electrons. The van der Waals surface area contributed by atoms with Gasteiger partial charge in [0.05, 0.1) is 4.92 Å². The number of nitrogens with zero attached hydrogens (tertiary/aromatic N) is 2. The first kappa shape index (κ1) is 12.6. The first-order valence-electron chi connectivity index (χ1n) is 4.79. The molecule has 0 bridgehead atoms. The van der Waals surface area contributed by atoms with Gasteiger partial charge in [0.1, 0.15) is 5.82 Å². The summed E-state index contributed by atoms with van der Waals surface area (Å²) in [6.45, 7) is 0.783. The maximum Gasteiger partial charge on any atom is 0.311 e. The summed E-state index contributed by atoms with van der Waals surface area (Å²) in [5.41, 5.74) is 5.30. The number of aromatic nitrogens is 1. The van der Waals surface area contributed by atoms with Crippen LogP contribution < -0.4 is 11.1 Å². The zero-order valence-electron chi connectivity index (χ0n) is 8.97. The van der Waals surface area contributed by atoms with Crippen molar-refractivity contribution in [1.29, 1.82) is 0 Å². The van der Waals surface area contributed by atoms with Crippen LogP contribution >= 0.6 is 11.8 Å². The third kappa shape index (κ3) is 3.58. The van der Waals surface area contributed by atoms with Gasteiger partial charge in [-0.3, -0.25) is 10.1 Å². The van der Waals surface area contributed by atoms with E-state index in [1.165, 1.54) is 6.07 Å². The Morgan fingerprint density at radius 1 is 1.62 bits per heavy atom. The van der Waals surface area contributed by atoms with Crippen LogP contribution in [0.3, 0.4) is 0 Å². The second-order valence-corrected chi connectivity index (χ2v) is 4.12. The smallest absolute Gasteiger partial charge is 0.311 e. The van der Waals surface area contributed by atoms with Gasteiger partial charge in [-0.05, 0) is 24.5 Å². The molecule has 0 saturated carbocycles. The van der Waals surface area contributed by atoms with E-state index in [1.54, 1.807) is 17.8 Å². The second kappa shape index (κ2) is 6.16. The van der Waals surface area contributed by atoms with Crippen LogP contribution in [0, 0.1) is 10.1 Å². The maximum absolute atomic E-state index is 10.5. The third-order valence-electron chi connectivity index (χ3n) is 1.93. The quantitative estimate of drug-likeness (QED) is 0.448. The number of nitrogens with one attached hydrogen (secondary N) is 1. The fourth-order valence-electron chi connectivity index (χ4n) is 1.15. The second-order valence-electron chi connectivity index (χ2n) is 3.13. The summed E-state index contributed by atoms with van der Waals surface area (Å²) in [6, 6.07) is 2.92. The molecule has 0 atom stereocenters. The number of anilines is 2. The average Bonchev–Trinajstić information content (AvgIpc) is 2.24. The summed E-state index contributed by atoms with van der Waals surface area (Å²) < 4.78 is 0. The monoisotopic (exact) mass is 242 g/mol. The molecule has 0 aliphatic rings. The summed E-state index contributed by atoms with van der Waals surface area (Å²) in [6.07, 6.45) is 3.06. The molecule has 0 spiro atoms. The maximum atomic E-state index is 10.5. The Hall–Kier alpha value is -1.50. The fourth-order valence-corrected chi connectivity index (χ4v) is 1.59. The van der Waals surface area contributed by atoms with Crippen molar-refractivity contribution in [2.75, 3.05) is 29.6 Å². The molecule has 6 nitrogen and oxygen atoms in total. The molecular formula is C9H14N4O2S. The third-order valence-corrected chi connectivity index (χ3v) is 2.63.